The van der Waals surface area contributed by atoms with Gasteiger partial charge in [-0.2, -0.15) is 4.98 Å². The van der Waals surface area contributed by atoms with Gasteiger partial charge in [0.2, 0.25) is 0 Å². The van der Waals surface area contributed by atoms with Gasteiger partial charge in [-0.3, -0.25) is 4.90 Å². The minimum Gasteiger partial charge on any atom is -0.406 e. The Hall–Kier alpha value is -2.18. The minimum absolute atomic E-state index is 0.167. The van der Waals surface area contributed by atoms with E-state index < -0.39 is 5.76 Å². The van der Waals surface area contributed by atoms with Crippen LogP contribution in [0.4, 0.5) is 0 Å². The van der Waals surface area contributed by atoms with Gasteiger partial charge in [0.05, 0.1) is 24.4 Å². The zero-order valence-electron chi connectivity index (χ0n) is 14.7. The lowest BCUT2D eigenvalue weighted by molar-refractivity contribution is 0.0365. The molecule has 0 N–H and O–H groups in total. The predicted octanol–water partition coefficient (Wildman–Crippen LogP) is 2.60. The van der Waals surface area contributed by atoms with Crippen molar-refractivity contribution in [3.63, 3.8) is 0 Å². The van der Waals surface area contributed by atoms with Gasteiger partial charge in [0, 0.05) is 43.1 Å². The third-order valence-electron chi connectivity index (χ3n) is 4.87. The highest BCUT2D eigenvalue weighted by molar-refractivity contribution is 6.03. The van der Waals surface area contributed by atoms with E-state index in [2.05, 4.69) is 32.8 Å². The molecular weight excluding hydrogens is 318 g/mol. The summed E-state index contributed by atoms with van der Waals surface area (Å²) in [5.41, 5.74) is 2.43. The molecule has 0 spiro atoms. The highest BCUT2D eigenvalue weighted by atomic mass is 16.5. The Morgan fingerprint density at radius 1 is 1.16 bits per heavy atom. The second-order valence-electron chi connectivity index (χ2n) is 6.86. The SMILES string of the molecule is CC(C)c1nc(=O)oc2c1ccc1ccn(CCN3CCOCC3)c12. The van der Waals surface area contributed by atoms with Crippen molar-refractivity contribution < 1.29 is 9.15 Å². The number of benzene rings is 1. The van der Waals surface area contributed by atoms with Crippen LogP contribution >= 0.6 is 0 Å². The van der Waals surface area contributed by atoms with Gasteiger partial charge in [0.25, 0.3) is 0 Å². The Morgan fingerprint density at radius 2 is 1.96 bits per heavy atom. The molecule has 3 heterocycles. The van der Waals surface area contributed by atoms with E-state index >= 15 is 0 Å². The molecule has 0 atom stereocenters. The van der Waals surface area contributed by atoms with Crippen molar-refractivity contribution in [1.82, 2.24) is 14.5 Å². The quantitative estimate of drug-likeness (QED) is 0.730. The highest BCUT2D eigenvalue weighted by Crippen LogP contribution is 2.29. The van der Waals surface area contributed by atoms with Gasteiger partial charge in [-0.1, -0.05) is 19.9 Å². The third kappa shape index (κ3) is 3.07. The summed E-state index contributed by atoms with van der Waals surface area (Å²) in [6.07, 6.45) is 2.07. The van der Waals surface area contributed by atoms with E-state index in [0.717, 1.165) is 61.4 Å². The fourth-order valence-electron chi connectivity index (χ4n) is 3.54. The maximum absolute atomic E-state index is 12.0. The second-order valence-corrected chi connectivity index (χ2v) is 6.86. The topological polar surface area (TPSA) is 60.5 Å². The van der Waals surface area contributed by atoms with Crippen LogP contribution in [0.15, 0.2) is 33.6 Å². The van der Waals surface area contributed by atoms with Crippen LogP contribution in [-0.4, -0.2) is 47.3 Å². The van der Waals surface area contributed by atoms with Gasteiger partial charge in [-0.25, -0.2) is 4.79 Å². The summed E-state index contributed by atoms with van der Waals surface area (Å²) in [5, 5.41) is 2.01. The summed E-state index contributed by atoms with van der Waals surface area (Å²) >= 11 is 0. The molecule has 1 aromatic carbocycles. The molecular formula is C19H23N3O3. The Morgan fingerprint density at radius 3 is 2.72 bits per heavy atom. The zero-order valence-corrected chi connectivity index (χ0v) is 14.7. The number of hydrogen-bond donors (Lipinski definition) is 0. The van der Waals surface area contributed by atoms with E-state index in [1.165, 1.54) is 0 Å². The molecule has 0 aliphatic carbocycles. The molecule has 6 heteroatoms. The summed E-state index contributed by atoms with van der Waals surface area (Å²) in [6, 6.07) is 6.16. The number of hydrogen-bond acceptors (Lipinski definition) is 5. The first kappa shape index (κ1) is 16.3. The van der Waals surface area contributed by atoms with Gasteiger partial charge < -0.3 is 13.7 Å². The van der Waals surface area contributed by atoms with Crippen LogP contribution in [0.5, 0.6) is 0 Å². The first-order valence-electron chi connectivity index (χ1n) is 8.86. The Bertz CT molecular complexity index is 952. The molecule has 132 valence electrons. The van der Waals surface area contributed by atoms with Crippen molar-refractivity contribution in [3.8, 4) is 0 Å². The van der Waals surface area contributed by atoms with Crippen molar-refractivity contribution in [1.29, 1.82) is 0 Å². The van der Waals surface area contributed by atoms with Gasteiger partial charge >= 0.3 is 5.76 Å². The summed E-state index contributed by atoms with van der Waals surface area (Å²) in [4.78, 5) is 18.5. The average Bonchev–Trinajstić information content (AvgIpc) is 3.03. The summed E-state index contributed by atoms with van der Waals surface area (Å²) in [7, 11) is 0. The number of ether oxygens (including phenoxy) is 1. The van der Waals surface area contributed by atoms with Gasteiger partial charge in [-0.15, -0.1) is 0 Å². The number of morpholine rings is 1. The van der Waals surface area contributed by atoms with Crippen molar-refractivity contribution >= 4 is 21.9 Å². The van der Waals surface area contributed by atoms with Gasteiger partial charge in [0.15, 0.2) is 5.58 Å². The van der Waals surface area contributed by atoms with E-state index in [1.54, 1.807) is 0 Å². The molecule has 1 saturated heterocycles. The largest absolute Gasteiger partial charge is 0.439 e. The Kier molecular flexibility index (Phi) is 4.31. The molecule has 2 aromatic heterocycles. The summed E-state index contributed by atoms with van der Waals surface area (Å²) in [6.45, 7) is 9.43. The molecule has 6 nitrogen and oxygen atoms in total. The van der Waals surface area contributed by atoms with Crippen molar-refractivity contribution in [2.45, 2.75) is 26.3 Å². The number of aromatic nitrogens is 2. The van der Waals surface area contributed by atoms with Crippen molar-refractivity contribution in [3.05, 3.63) is 40.6 Å². The molecule has 25 heavy (non-hydrogen) atoms. The predicted molar refractivity (Wildman–Crippen MR) is 97.1 cm³/mol. The third-order valence-corrected chi connectivity index (χ3v) is 4.87. The number of fused-ring (bicyclic) bond motifs is 3. The maximum atomic E-state index is 12.0. The van der Waals surface area contributed by atoms with Crippen LogP contribution in [0.2, 0.25) is 0 Å². The van der Waals surface area contributed by atoms with Crippen LogP contribution in [0.25, 0.3) is 21.9 Å². The Balaban J connectivity index is 1.77. The fraction of sp³-hybridized carbons (Fsp3) is 0.474. The number of rotatable bonds is 4. The second kappa shape index (κ2) is 6.61. The molecule has 1 fully saturated rings. The average molecular weight is 341 g/mol. The van der Waals surface area contributed by atoms with Crippen molar-refractivity contribution in [2.24, 2.45) is 0 Å². The van der Waals surface area contributed by atoms with E-state index in [4.69, 9.17) is 9.15 Å². The monoisotopic (exact) mass is 341 g/mol. The van der Waals surface area contributed by atoms with Crippen LogP contribution in [0, 0.1) is 0 Å². The summed E-state index contributed by atoms with van der Waals surface area (Å²) in [5.74, 6) is -0.356. The van der Waals surface area contributed by atoms with Crippen LogP contribution in [0.1, 0.15) is 25.5 Å². The van der Waals surface area contributed by atoms with Gasteiger partial charge in [-0.05, 0) is 18.1 Å². The zero-order chi connectivity index (χ0) is 17.4. The van der Waals surface area contributed by atoms with E-state index in [0.29, 0.717) is 5.58 Å². The molecule has 0 amide bonds. The normalized spacial score (nSPS) is 16.3. The smallest absolute Gasteiger partial charge is 0.406 e. The molecule has 4 rings (SSSR count). The molecule has 0 unspecified atom stereocenters. The van der Waals surface area contributed by atoms with Crippen LogP contribution in [-0.2, 0) is 11.3 Å². The highest BCUT2D eigenvalue weighted by Gasteiger charge is 2.16. The summed E-state index contributed by atoms with van der Waals surface area (Å²) < 4.78 is 13.1. The van der Waals surface area contributed by atoms with E-state index in [1.807, 2.05) is 19.9 Å². The van der Waals surface area contributed by atoms with E-state index in [9.17, 15) is 4.79 Å². The van der Waals surface area contributed by atoms with Crippen molar-refractivity contribution in [2.75, 3.05) is 32.8 Å². The molecule has 1 aliphatic heterocycles. The van der Waals surface area contributed by atoms with Crippen LogP contribution in [0.3, 0.4) is 0 Å². The van der Waals surface area contributed by atoms with Gasteiger partial charge in [0.1, 0.15) is 0 Å². The fourth-order valence-corrected chi connectivity index (χ4v) is 3.54. The molecule has 0 bridgehead atoms. The number of nitrogens with zero attached hydrogens (tertiary/aromatic N) is 3. The van der Waals surface area contributed by atoms with E-state index in [-0.39, 0.29) is 5.92 Å². The lowest BCUT2D eigenvalue weighted by Crippen LogP contribution is -2.38. The Labute approximate surface area is 146 Å². The minimum atomic E-state index is -0.523. The standard InChI is InChI=1S/C19H23N3O3/c1-13(2)16-15-4-3-14-5-6-22(8-7-21-9-11-24-12-10-21)17(14)18(15)25-19(23)20-16/h3-6,13H,7-12H2,1-2H3. The maximum Gasteiger partial charge on any atom is 0.439 e. The molecule has 0 radical (unpaired) electrons. The molecule has 0 saturated carbocycles. The first-order valence-corrected chi connectivity index (χ1v) is 8.86. The van der Waals surface area contributed by atoms with Crippen LogP contribution < -0.4 is 5.76 Å². The lowest BCUT2D eigenvalue weighted by atomic mass is 10.0. The molecule has 1 aliphatic rings. The molecule has 3 aromatic rings. The lowest BCUT2D eigenvalue weighted by Gasteiger charge is -2.26. The first-order chi connectivity index (χ1) is 12.1.